The van der Waals surface area contributed by atoms with Gasteiger partial charge in [-0.3, -0.25) is 10.1 Å². The van der Waals surface area contributed by atoms with Crippen molar-refractivity contribution in [2.45, 2.75) is 13.8 Å². The molecule has 0 fully saturated rings. The molecule has 0 unspecified atom stereocenters. The van der Waals surface area contributed by atoms with Crippen molar-refractivity contribution in [3.8, 4) is 17.6 Å². The van der Waals surface area contributed by atoms with Crippen LogP contribution in [0.2, 0.25) is 0 Å². The van der Waals surface area contributed by atoms with Crippen LogP contribution in [0.4, 0.5) is 11.4 Å². The van der Waals surface area contributed by atoms with Gasteiger partial charge < -0.3 is 14.8 Å². The number of pyridine rings is 1. The van der Waals surface area contributed by atoms with E-state index in [9.17, 15) is 5.26 Å². The number of nitrogens with one attached hydrogen (secondary N) is 2. The molecule has 8 nitrogen and oxygen atoms in total. The van der Waals surface area contributed by atoms with Gasteiger partial charge in [0.2, 0.25) is 0 Å². The van der Waals surface area contributed by atoms with Crippen LogP contribution in [0.1, 0.15) is 19.4 Å². The highest BCUT2D eigenvalue weighted by atomic mass is 16.5. The number of ether oxygens (including phenoxy) is 2. The lowest BCUT2D eigenvalue weighted by Gasteiger charge is -2.15. The van der Waals surface area contributed by atoms with Crippen LogP contribution >= 0.6 is 0 Å². The molecule has 2 aromatic carbocycles. The van der Waals surface area contributed by atoms with Crippen molar-refractivity contribution in [2.24, 2.45) is 0 Å². The molecule has 2 aromatic heterocycles. The van der Waals surface area contributed by atoms with Crippen LogP contribution in [0.3, 0.4) is 0 Å². The number of benzene rings is 2. The van der Waals surface area contributed by atoms with Crippen molar-refractivity contribution in [3.63, 3.8) is 0 Å². The molecule has 0 saturated heterocycles. The Morgan fingerprint density at radius 2 is 1.86 bits per heavy atom. The molecular formula is C20H18N6O2. The van der Waals surface area contributed by atoms with Gasteiger partial charge in [-0.2, -0.15) is 5.26 Å². The van der Waals surface area contributed by atoms with E-state index in [-0.39, 0.29) is 0 Å². The zero-order valence-corrected chi connectivity index (χ0v) is 15.5. The molecule has 0 saturated carbocycles. The van der Waals surface area contributed by atoms with Gasteiger partial charge in [-0.25, -0.2) is 0 Å². The predicted molar refractivity (Wildman–Crippen MR) is 106 cm³/mol. The average Bonchev–Trinajstić information content (AvgIpc) is 3.17. The quantitative estimate of drug-likeness (QED) is 0.526. The molecule has 0 spiro atoms. The number of aromatic amines is 1. The first kappa shape index (κ1) is 17.5. The van der Waals surface area contributed by atoms with Crippen molar-refractivity contribution in [3.05, 3.63) is 42.1 Å². The third-order valence-corrected chi connectivity index (χ3v) is 4.25. The van der Waals surface area contributed by atoms with Gasteiger partial charge in [0.25, 0.3) is 0 Å². The molecule has 0 atom stereocenters. The summed E-state index contributed by atoms with van der Waals surface area (Å²) in [6, 6.07) is 11.5. The Morgan fingerprint density at radius 1 is 1.07 bits per heavy atom. The first-order chi connectivity index (χ1) is 13.7. The predicted octanol–water partition coefficient (Wildman–Crippen LogP) is 3.92. The van der Waals surface area contributed by atoms with E-state index in [1.807, 2.05) is 44.2 Å². The zero-order chi connectivity index (χ0) is 19.5. The van der Waals surface area contributed by atoms with E-state index in [1.165, 1.54) is 0 Å². The van der Waals surface area contributed by atoms with Gasteiger partial charge in [0.15, 0.2) is 11.5 Å². The van der Waals surface area contributed by atoms with E-state index in [4.69, 9.17) is 9.47 Å². The average molecular weight is 374 g/mol. The van der Waals surface area contributed by atoms with Crippen LogP contribution < -0.4 is 14.8 Å². The topological polar surface area (TPSA) is 109 Å². The number of rotatable bonds is 6. The van der Waals surface area contributed by atoms with Crippen LogP contribution in [0.15, 0.2) is 36.5 Å². The van der Waals surface area contributed by atoms with Gasteiger partial charge in [0.05, 0.1) is 35.5 Å². The fraction of sp³-hybridized carbons (Fsp3) is 0.200. The Morgan fingerprint density at radius 3 is 2.61 bits per heavy atom. The molecule has 0 radical (unpaired) electrons. The smallest absolute Gasteiger partial charge is 0.163 e. The fourth-order valence-corrected chi connectivity index (χ4v) is 3.02. The van der Waals surface area contributed by atoms with E-state index in [1.54, 1.807) is 6.20 Å². The summed E-state index contributed by atoms with van der Waals surface area (Å²) in [6.07, 6.45) is 1.55. The van der Waals surface area contributed by atoms with Crippen LogP contribution in [-0.4, -0.2) is 33.6 Å². The lowest BCUT2D eigenvalue weighted by molar-refractivity contribution is 0.288. The Balaban J connectivity index is 1.86. The number of hydrogen-bond donors (Lipinski definition) is 2. The summed E-state index contributed by atoms with van der Waals surface area (Å²) in [4.78, 5) is 4.41. The minimum Gasteiger partial charge on any atom is -0.490 e. The van der Waals surface area contributed by atoms with Crippen LogP contribution in [0.5, 0.6) is 11.5 Å². The van der Waals surface area contributed by atoms with Crippen LogP contribution in [0.25, 0.3) is 21.9 Å². The Bertz CT molecular complexity index is 1190. The Labute approximate surface area is 161 Å². The van der Waals surface area contributed by atoms with Crippen molar-refractivity contribution >= 4 is 33.3 Å². The number of hydrogen-bond acceptors (Lipinski definition) is 7. The summed E-state index contributed by atoms with van der Waals surface area (Å²) < 4.78 is 11.4. The maximum absolute atomic E-state index is 9.59. The van der Waals surface area contributed by atoms with Gasteiger partial charge >= 0.3 is 0 Å². The summed E-state index contributed by atoms with van der Waals surface area (Å²) in [5.74, 6) is 1.24. The van der Waals surface area contributed by atoms with Crippen molar-refractivity contribution in [1.82, 2.24) is 20.4 Å². The molecular weight excluding hydrogens is 356 g/mol. The summed E-state index contributed by atoms with van der Waals surface area (Å²) in [5, 5.41) is 24.3. The number of H-pyrrole nitrogens is 1. The number of nitriles is 1. The van der Waals surface area contributed by atoms with E-state index < -0.39 is 0 Å². The van der Waals surface area contributed by atoms with Crippen molar-refractivity contribution in [1.29, 1.82) is 5.26 Å². The first-order valence-electron chi connectivity index (χ1n) is 8.93. The number of anilines is 2. The standard InChI is InChI=1S/C20H18N6O2/c1-3-27-18-8-14-16(9-19(18)28-4-2)22-11-12(10-21)20(14)23-13-5-6-15-17(7-13)25-26-24-15/h5-9,11H,3-4H2,1-2H3,(H,22,23)(H,24,25,26). The molecule has 0 bridgehead atoms. The van der Waals surface area contributed by atoms with Gasteiger partial charge in [-0.15, -0.1) is 5.10 Å². The second kappa shape index (κ2) is 7.40. The Kier molecular flexibility index (Phi) is 4.64. The molecule has 140 valence electrons. The van der Waals surface area contributed by atoms with Crippen LogP contribution in [-0.2, 0) is 0 Å². The van der Waals surface area contributed by atoms with Gasteiger partial charge in [-0.05, 0) is 38.1 Å². The first-order valence-corrected chi connectivity index (χ1v) is 8.93. The minimum atomic E-state index is 0.430. The van der Waals surface area contributed by atoms with Gasteiger partial charge in [-0.1, -0.05) is 5.21 Å². The summed E-state index contributed by atoms with van der Waals surface area (Å²) in [5.41, 5.74) is 4.15. The maximum Gasteiger partial charge on any atom is 0.163 e. The number of aromatic nitrogens is 4. The van der Waals surface area contributed by atoms with E-state index in [2.05, 4.69) is 31.8 Å². The molecule has 0 aliphatic rings. The third kappa shape index (κ3) is 3.14. The second-order valence-electron chi connectivity index (χ2n) is 6.01. The Hall–Kier alpha value is -3.86. The highest BCUT2D eigenvalue weighted by molar-refractivity contribution is 5.98. The number of nitrogens with zero attached hydrogens (tertiary/aromatic N) is 4. The van der Waals surface area contributed by atoms with E-state index in [0.717, 1.165) is 22.1 Å². The van der Waals surface area contributed by atoms with Crippen molar-refractivity contribution < 1.29 is 9.47 Å². The molecule has 8 heteroatoms. The van der Waals surface area contributed by atoms with Crippen LogP contribution in [0, 0.1) is 11.3 Å². The monoisotopic (exact) mass is 374 g/mol. The lowest BCUT2D eigenvalue weighted by atomic mass is 10.1. The summed E-state index contributed by atoms with van der Waals surface area (Å²) in [6.45, 7) is 4.85. The highest BCUT2D eigenvalue weighted by Gasteiger charge is 2.15. The molecule has 2 N–H and O–H groups in total. The molecule has 0 amide bonds. The maximum atomic E-state index is 9.59. The lowest BCUT2D eigenvalue weighted by Crippen LogP contribution is -2.01. The SMILES string of the molecule is CCOc1cc2ncc(C#N)c(Nc3ccc4[nH]nnc4c3)c2cc1OCC. The van der Waals surface area contributed by atoms with Crippen molar-refractivity contribution in [2.75, 3.05) is 18.5 Å². The zero-order valence-electron chi connectivity index (χ0n) is 15.5. The molecule has 28 heavy (non-hydrogen) atoms. The third-order valence-electron chi connectivity index (χ3n) is 4.25. The fourth-order valence-electron chi connectivity index (χ4n) is 3.02. The summed E-state index contributed by atoms with van der Waals surface area (Å²) >= 11 is 0. The normalized spacial score (nSPS) is 10.8. The van der Waals surface area contributed by atoms with Gasteiger partial charge in [0.1, 0.15) is 11.6 Å². The largest absolute Gasteiger partial charge is 0.490 e. The van der Waals surface area contributed by atoms with E-state index >= 15 is 0 Å². The molecule has 4 rings (SSSR count). The molecule has 0 aliphatic heterocycles. The summed E-state index contributed by atoms with van der Waals surface area (Å²) in [7, 11) is 0. The van der Waals surface area contributed by atoms with Gasteiger partial charge in [0, 0.05) is 23.3 Å². The minimum absolute atomic E-state index is 0.430. The molecule has 4 aromatic rings. The molecule has 0 aliphatic carbocycles. The highest BCUT2D eigenvalue weighted by Crippen LogP contribution is 2.37. The number of fused-ring (bicyclic) bond motifs is 2. The van der Waals surface area contributed by atoms with E-state index in [0.29, 0.717) is 41.5 Å². The molecule has 2 heterocycles. The second-order valence-corrected chi connectivity index (χ2v) is 6.01.